The first kappa shape index (κ1) is 22.6. The Hall–Kier alpha value is -3.15. The highest BCUT2D eigenvalue weighted by Crippen LogP contribution is 2.30. The number of morpholine rings is 1. The molecule has 0 spiro atoms. The molecule has 1 saturated carbocycles. The Balaban J connectivity index is 1.30. The summed E-state index contributed by atoms with van der Waals surface area (Å²) in [6, 6.07) is 11.4. The lowest BCUT2D eigenvalue weighted by molar-refractivity contribution is -0.117. The Bertz CT molecular complexity index is 1280. The van der Waals surface area contributed by atoms with E-state index in [-0.39, 0.29) is 22.5 Å². The van der Waals surface area contributed by atoms with Crippen LogP contribution >= 0.6 is 0 Å². The monoisotopic (exact) mass is 485 g/mol. The van der Waals surface area contributed by atoms with Gasteiger partial charge in [-0.05, 0) is 56.2 Å². The van der Waals surface area contributed by atoms with Crippen LogP contribution in [0.1, 0.15) is 19.8 Å². The number of aromatic amines is 1. The number of rotatable bonds is 8. The second kappa shape index (κ2) is 9.24. The van der Waals surface area contributed by atoms with Gasteiger partial charge in [0.2, 0.25) is 11.9 Å². The predicted molar refractivity (Wildman–Crippen MR) is 127 cm³/mol. The first-order valence-electron chi connectivity index (χ1n) is 11.4. The minimum absolute atomic E-state index is 0.0573. The lowest BCUT2D eigenvalue weighted by Crippen LogP contribution is -2.49. The van der Waals surface area contributed by atoms with Gasteiger partial charge in [-0.1, -0.05) is 0 Å². The number of H-pyrrole nitrogens is 1. The number of hydrogen-bond acceptors (Lipinski definition) is 8. The van der Waals surface area contributed by atoms with Crippen LogP contribution in [0.5, 0.6) is 5.75 Å². The third-order valence-corrected chi connectivity index (χ3v) is 7.16. The maximum Gasteiger partial charge on any atom is 0.339 e. The van der Waals surface area contributed by atoms with Crippen molar-refractivity contribution < 1.29 is 22.1 Å². The fourth-order valence-electron chi connectivity index (χ4n) is 3.96. The second-order valence-electron chi connectivity index (χ2n) is 8.34. The maximum atomic E-state index is 12.9. The molecule has 2 fully saturated rings. The minimum atomic E-state index is -4.03. The maximum absolute atomic E-state index is 12.9. The number of hydrogen-bond donors (Lipinski definition) is 2. The Kier molecular flexibility index (Phi) is 6.15. The number of nitrogens with zero attached hydrogens (tertiary/aromatic N) is 3. The van der Waals surface area contributed by atoms with E-state index in [0.717, 1.165) is 38.2 Å². The second-order valence-corrected chi connectivity index (χ2v) is 9.89. The van der Waals surface area contributed by atoms with Crippen LogP contribution in [-0.4, -0.2) is 62.1 Å². The number of ether oxygens (including phenoxy) is 1. The van der Waals surface area contributed by atoms with E-state index in [1.165, 1.54) is 0 Å². The normalized spacial score (nSPS) is 17.0. The third kappa shape index (κ3) is 4.86. The van der Waals surface area contributed by atoms with E-state index in [1.807, 2.05) is 0 Å². The standard InChI is InChI=1S/C23H27N5O5S/c1-2-28(27-11-13-32-14-12-27)17-5-8-19(9-6-17)34(30,31)33-18-7-10-20-21(15-18)25-23(24-20)26-22(29)16-3-4-16/h5-10,15-16H,2-4,11-14H2,1H3,(H2,24,25,26,29). The number of hydrazine groups is 1. The van der Waals surface area contributed by atoms with E-state index in [4.69, 9.17) is 8.92 Å². The van der Waals surface area contributed by atoms with Crippen molar-refractivity contribution in [1.29, 1.82) is 0 Å². The zero-order valence-corrected chi connectivity index (χ0v) is 19.7. The number of carbonyl (C=O) groups excluding carboxylic acids is 1. The van der Waals surface area contributed by atoms with Gasteiger partial charge in [0.15, 0.2) is 0 Å². The first-order valence-corrected chi connectivity index (χ1v) is 12.8. The van der Waals surface area contributed by atoms with Crippen molar-refractivity contribution in [3.63, 3.8) is 0 Å². The molecule has 5 rings (SSSR count). The Morgan fingerprint density at radius 3 is 2.62 bits per heavy atom. The van der Waals surface area contributed by atoms with Gasteiger partial charge >= 0.3 is 10.1 Å². The van der Waals surface area contributed by atoms with E-state index in [9.17, 15) is 13.2 Å². The molecule has 2 N–H and O–H groups in total. The average molecular weight is 486 g/mol. The van der Waals surface area contributed by atoms with Crippen molar-refractivity contribution >= 4 is 38.7 Å². The number of amides is 1. The largest absolute Gasteiger partial charge is 0.379 e. The molecule has 11 heteroatoms. The van der Waals surface area contributed by atoms with E-state index in [2.05, 4.69) is 32.2 Å². The molecule has 1 aliphatic heterocycles. The van der Waals surface area contributed by atoms with Gasteiger partial charge in [0.05, 0.1) is 29.9 Å². The summed E-state index contributed by atoms with van der Waals surface area (Å²) in [4.78, 5) is 19.3. The topological polar surface area (TPSA) is 117 Å². The fourth-order valence-corrected chi connectivity index (χ4v) is 4.89. The summed E-state index contributed by atoms with van der Waals surface area (Å²) in [6.07, 6.45) is 1.79. The number of benzene rings is 2. The third-order valence-electron chi connectivity index (χ3n) is 5.90. The summed E-state index contributed by atoms with van der Waals surface area (Å²) >= 11 is 0. The molecule has 1 aromatic heterocycles. The van der Waals surface area contributed by atoms with Gasteiger partial charge < -0.3 is 18.9 Å². The lowest BCUT2D eigenvalue weighted by Gasteiger charge is -2.38. The predicted octanol–water partition coefficient (Wildman–Crippen LogP) is 2.75. The molecule has 0 unspecified atom stereocenters. The van der Waals surface area contributed by atoms with Crippen molar-refractivity contribution in [1.82, 2.24) is 15.0 Å². The SMILES string of the molecule is CCN(c1ccc(S(=O)(=O)Oc2ccc3nc(NC(=O)C4CC4)[nH]c3c2)cc1)N1CCOCC1. The van der Waals surface area contributed by atoms with E-state index < -0.39 is 10.1 Å². The van der Waals surface area contributed by atoms with Crippen molar-refractivity contribution in [2.24, 2.45) is 5.92 Å². The van der Waals surface area contributed by atoms with Crippen LogP contribution in [0.25, 0.3) is 11.0 Å². The molecule has 2 heterocycles. The zero-order valence-electron chi connectivity index (χ0n) is 18.9. The summed E-state index contributed by atoms with van der Waals surface area (Å²) < 4.78 is 36.5. The van der Waals surface area contributed by atoms with Crippen LogP contribution in [0, 0.1) is 5.92 Å². The molecule has 0 radical (unpaired) electrons. The molecule has 34 heavy (non-hydrogen) atoms. The van der Waals surface area contributed by atoms with Crippen LogP contribution in [0.3, 0.4) is 0 Å². The number of fused-ring (bicyclic) bond motifs is 1. The van der Waals surface area contributed by atoms with Crippen LogP contribution in [0.4, 0.5) is 11.6 Å². The molecule has 2 aromatic carbocycles. The Labute approximate surface area is 197 Å². The average Bonchev–Trinajstić information content (AvgIpc) is 3.61. The molecule has 1 amide bonds. The van der Waals surface area contributed by atoms with Crippen molar-refractivity contribution in [3.05, 3.63) is 42.5 Å². The molecule has 180 valence electrons. The van der Waals surface area contributed by atoms with Crippen LogP contribution in [-0.2, 0) is 19.6 Å². The summed E-state index contributed by atoms with van der Waals surface area (Å²) in [7, 11) is -4.03. The summed E-state index contributed by atoms with van der Waals surface area (Å²) in [6.45, 7) is 5.74. The molecule has 0 atom stereocenters. The molecule has 3 aromatic rings. The highest BCUT2D eigenvalue weighted by Gasteiger charge is 2.30. The molecular formula is C23H27N5O5S. The molecule has 1 aliphatic carbocycles. The van der Waals surface area contributed by atoms with Gasteiger partial charge in [-0.3, -0.25) is 10.1 Å². The molecule has 10 nitrogen and oxygen atoms in total. The number of imidazole rings is 1. The Morgan fingerprint density at radius 1 is 1.21 bits per heavy atom. The molecule has 0 bridgehead atoms. The lowest BCUT2D eigenvalue weighted by atomic mass is 10.3. The Morgan fingerprint density at radius 2 is 1.94 bits per heavy atom. The zero-order chi connectivity index (χ0) is 23.7. The van der Waals surface area contributed by atoms with E-state index >= 15 is 0 Å². The quantitative estimate of drug-likeness (QED) is 0.468. The van der Waals surface area contributed by atoms with Gasteiger partial charge in [0.1, 0.15) is 10.6 Å². The highest BCUT2D eigenvalue weighted by molar-refractivity contribution is 7.87. The molecule has 2 aliphatic rings. The summed E-state index contributed by atoms with van der Waals surface area (Å²) in [5.74, 6) is 0.491. The summed E-state index contributed by atoms with van der Waals surface area (Å²) in [5, 5.41) is 7.07. The van der Waals surface area contributed by atoms with Crippen LogP contribution < -0.4 is 14.5 Å². The van der Waals surface area contributed by atoms with Crippen molar-refractivity contribution in [2.45, 2.75) is 24.7 Å². The van der Waals surface area contributed by atoms with Crippen molar-refractivity contribution in [2.75, 3.05) is 43.2 Å². The minimum Gasteiger partial charge on any atom is -0.379 e. The fraction of sp³-hybridized carbons (Fsp3) is 0.391. The van der Waals surface area contributed by atoms with Gasteiger partial charge in [-0.2, -0.15) is 8.42 Å². The van der Waals surface area contributed by atoms with E-state index in [1.54, 1.807) is 42.5 Å². The van der Waals surface area contributed by atoms with Crippen LogP contribution in [0.2, 0.25) is 0 Å². The number of carbonyl (C=O) groups is 1. The molecular weight excluding hydrogens is 458 g/mol. The number of aromatic nitrogens is 2. The van der Waals surface area contributed by atoms with Crippen LogP contribution in [0.15, 0.2) is 47.4 Å². The van der Waals surface area contributed by atoms with Crippen molar-refractivity contribution in [3.8, 4) is 5.75 Å². The van der Waals surface area contributed by atoms with Gasteiger partial charge in [-0.15, -0.1) is 0 Å². The number of nitrogens with one attached hydrogen (secondary N) is 2. The molecule has 1 saturated heterocycles. The summed E-state index contributed by atoms with van der Waals surface area (Å²) in [5.41, 5.74) is 2.07. The smallest absolute Gasteiger partial charge is 0.339 e. The van der Waals surface area contributed by atoms with Gasteiger partial charge in [0, 0.05) is 31.6 Å². The van der Waals surface area contributed by atoms with E-state index in [0.29, 0.717) is 30.2 Å². The number of anilines is 2. The highest BCUT2D eigenvalue weighted by atomic mass is 32.2. The van der Waals surface area contributed by atoms with Gasteiger partial charge in [-0.25, -0.2) is 9.99 Å². The first-order chi connectivity index (χ1) is 16.4. The van der Waals surface area contributed by atoms with Gasteiger partial charge in [0.25, 0.3) is 0 Å².